The van der Waals surface area contributed by atoms with Crippen molar-refractivity contribution in [1.29, 1.82) is 0 Å². The van der Waals surface area contributed by atoms with Crippen molar-refractivity contribution in [3.05, 3.63) is 58.8 Å². The molecule has 1 fully saturated rings. The van der Waals surface area contributed by atoms with Gasteiger partial charge in [0.05, 0.1) is 5.56 Å². The molecule has 1 aromatic carbocycles. The fraction of sp³-hybridized carbons (Fsp3) is 0.409. The summed E-state index contributed by atoms with van der Waals surface area (Å²) in [5, 5.41) is 8.11. The Morgan fingerprint density at radius 3 is 2.56 bits per heavy atom. The molecular weight excluding hydrogens is 463 g/mol. The molecule has 12 heteroatoms. The first-order valence-electron chi connectivity index (χ1n) is 10.4. The van der Waals surface area contributed by atoms with E-state index >= 15 is 0 Å². The number of pyridine rings is 1. The average Bonchev–Trinajstić information content (AvgIpc) is 2.76. The number of aromatic nitrogens is 1. The first-order chi connectivity index (χ1) is 15.9. The minimum Gasteiger partial charge on any atom is -0.417 e. The SMILES string of the molecule is CC(C)C(=O)NCc1ccc(C(F)(F)F)c(C2NC(=O)CC(c3ccc(OC(F)F)nc3)N2)c1. The molecule has 3 N–H and O–H groups in total. The fourth-order valence-corrected chi connectivity index (χ4v) is 3.46. The molecule has 2 unspecified atom stereocenters. The number of hydrogen-bond acceptors (Lipinski definition) is 5. The Balaban J connectivity index is 1.87. The second-order valence-electron chi connectivity index (χ2n) is 8.02. The summed E-state index contributed by atoms with van der Waals surface area (Å²) in [5.74, 6) is -1.38. The monoisotopic (exact) mass is 486 g/mol. The summed E-state index contributed by atoms with van der Waals surface area (Å²) in [6.45, 7) is 0.341. The van der Waals surface area contributed by atoms with Crippen LogP contribution in [0.15, 0.2) is 36.5 Å². The maximum Gasteiger partial charge on any atom is 0.416 e. The predicted octanol–water partition coefficient (Wildman–Crippen LogP) is 3.82. The number of rotatable bonds is 7. The van der Waals surface area contributed by atoms with Gasteiger partial charge in [-0.2, -0.15) is 22.0 Å². The van der Waals surface area contributed by atoms with E-state index in [1.807, 2.05) is 0 Å². The summed E-state index contributed by atoms with van der Waals surface area (Å²) < 4.78 is 70.0. The summed E-state index contributed by atoms with van der Waals surface area (Å²) in [5.41, 5.74) is -0.322. The molecule has 2 atom stereocenters. The Morgan fingerprint density at radius 1 is 1.24 bits per heavy atom. The molecule has 0 radical (unpaired) electrons. The third kappa shape index (κ3) is 6.40. The van der Waals surface area contributed by atoms with E-state index in [0.717, 1.165) is 6.07 Å². The average molecular weight is 486 g/mol. The topological polar surface area (TPSA) is 92.4 Å². The van der Waals surface area contributed by atoms with Crippen LogP contribution in [0, 0.1) is 5.92 Å². The maximum absolute atomic E-state index is 13.7. The lowest BCUT2D eigenvalue weighted by Gasteiger charge is -2.33. The molecule has 2 aromatic rings. The van der Waals surface area contributed by atoms with E-state index in [4.69, 9.17) is 0 Å². The van der Waals surface area contributed by atoms with Gasteiger partial charge in [0.15, 0.2) is 0 Å². The van der Waals surface area contributed by atoms with Crippen molar-refractivity contribution in [1.82, 2.24) is 20.9 Å². The first-order valence-corrected chi connectivity index (χ1v) is 10.4. The zero-order chi connectivity index (χ0) is 25.0. The lowest BCUT2D eigenvalue weighted by atomic mass is 9.96. The Bertz CT molecular complexity index is 1030. The lowest BCUT2D eigenvalue weighted by molar-refractivity contribution is -0.139. The number of benzene rings is 1. The second kappa shape index (κ2) is 10.3. The van der Waals surface area contributed by atoms with Gasteiger partial charge < -0.3 is 15.4 Å². The molecule has 1 aliphatic heterocycles. The minimum absolute atomic E-state index is 0.0156. The number of carbonyl (C=O) groups is 2. The molecule has 7 nitrogen and oxygen atoms in total. The Morgan fingerprint density at radius 2 is 1.97 bits per heavy atom. The van der Waals surface area contributed by atoms with Crippen LogP contribution in [-0.2, 0) is 22.3 Å². The normalized spacial score (nSPS) is 18.7. The molecular formula is C22H23F5N4O3. The highest BCUT2D eigenvalue weighted by Gasteiger charge is 2.38. The van der Waals surface area contributed by atoms with Gasteiger partial charge >= 0.3 is 12.8 Å². The molecule has 1 saturated heterocycles. The van der Waals surface area contributed by atoms with Gasteiger partial charge in [0, 0.05) is 42.8 Å². The molecule has 0 bridgehead atoms. The van der Waals surface area contributed by atoms with Gasteiger partial charge in [-0.1, -0.05) is 26.0 Å². The van der Waals surface area contributed by atoms with Crippen molar-refractivity contribution in [3.8, 4) is 5.88 Å². The second-order valence-corrected chi connectivity index (χ2v) is 8.02. The zero-order valence-electron chi connectivity index (χ0n) is 18.2. The van der Waals surface area contributed by atoms with Gasteiger partial charge in [0.25, 0.3) is 0 Å². The highest BCUT2D eigenvalue weighted by Crippen LogP contribution is 2.36. The number of ether oxygens (including phenoxy) is 1. The third-order valence-electron chi connectivity index (χ3n) is 5.16. The van der Waals surface area contributed by atoms with E-state index in [0.29, 0.717) is 11.1 Å². The van der Waals surface area contributed by atoms with Crippen molar-refractivity contribution in [2.45, 2.75) is 51.8 Å². The third-order valence-corrected chi connectivity index (χ3v) is 5.16. The predicted molar refractivity (Wildman–Crippen MR) is 110 cm³/mol. The van der Waals surface area contributed by atoms with E-state index < -0.39 is 36.5 Å². The van der Waals surface area contributed by atoms with Crippen molar-refractivity contribution in [2.24, 2.45) is 5.92 Å². The van der Waals surface area contributed by atoms with Crippen LogP contribution in [-0.4, -0.2) is 23.4 Å². The Labute approximate surface area is 192 Å². The number of nitrogens with zero attached hydrogens (tertiary/aromatic N) is 1. The smallest absolute Gasteiger partial charge is 0.416 e. The van der Waals surface area contributed by atoms with Crippen LogP contribution in [0.2, 0.25) is 0 Å². The van der Waals surface area contributed by atoms with Crippen molar-refractivity contribution in [3.63, 3.8) is 0 Å². The quantitative estimate of drug-likeness (QED) is 0.518. The van der Waals surface area contributed by atoms with Crippen molar-refractivity contribution < 1.29 is 36.3 Å². The number of carbonyl (C=O) groups excluding carboxylic acids is 2. The van der Waals surface area contributed by atoms with Gasteiger partial charge in [-0.05, 0) is 23.3 Å². The van der Waals surface area contributed by atoms with E-state index in [1.54, 1.807) is 13.8 Å². The molecule has 184 valence electrons. The molecule has 0 saturated carbocycles. The first kappa shape index (κ1) is 25.3. The Hall–Kier alpha value is -3.28. The van der Waals surface area contributed by atoms with Gasteiger partial charge in [0.2, 0.25) is 17.7 Å². The summed E-state index contributed by atoms with van der Waals surface area (Å²) >= 11 is 0. The molecule has 0 spiro atoms. The standard InChI is InChI=1S/C22H23F5N4O3/c1-11(2)20(33)29-9-12-3-5-15(22(25,26)27)14(7-12)19-30-16(8-17(32)31-19)13-4-6-18(28-10-13)34-21(23)24/h3-7,10-11,16,19,21,30H,8-9H2,1-2H3,(H,29,33)(H,31,32). The van der Waals surface area contributed by atoms with Gasteiger partial charge in [-0.15, -0.1) is 0 Å². The van der Waals surface area contributed by atoms with E-state index in [2.05, 4.69) is 25.7 Å². The van der Waals surface area contributed by atoms with Gasteiger partial charge in [-0.25, -0.2) is 4.98 Å². The van der Waals surface area contributed by atoms with Crippen molar-refractivity contribution in [2.75, 3.05) is 0 Å². The molecule has 34 heavy (non-hydrogen) atoms. The molecule has 1 aliphatic rings. The molecule has 3 rings (SSSR count). The van der Waals surface area contributed by atoms with Crippen LogP contribution in [0.4, 0.5) is 22.0 Å². The summed E-state index contributed by atoms with van der Waals surface area (Å²) in [7, 11) is 0. The van der Waals surface area contributed by atoms with Gasteiger partial charge in [-0.3, -0.25) is 14.9 Å². The fourth-order valence-electron chi connectivity index (χ4n) is 3.46. The van der Waals surface area contributed by atoms with Crippen LogP contribution in [0.25, 0.3) is 0 Å². The summed E-state index contributed by atoms with van der Waals surface area (Å²) in [6.07, 6.45) is -4.77. The lowest BCUT2D eigenvalue weighted by Crippen LogP contribution is -2.47. The zero-order valence-corrected chi connectivity index (χ0v) is 18.2. The number of halogens is 5. The number of amides is 2. The maximum atomic E-state index is 13.7. The van der Waals surface area contributed by atoms with Gasteiger partial charge in [0.1, 0.15) is 6.17 Å². The molecule has 2 amide bonds. The van der Waals surface area contributed by atoms with E-state index in [-0.39, 0.29) is 36.2 Å². The van der Waals surface area contributed by atoms with Crippen LogP contribution in [0.3, 0.4) is 0 Å². The van der Waals surface area contributed by atoms with Crippen LogP contribution >= 0.6 is 0 Å². The number of hydrogen-bond donors (Lipinski definition) is 3. The summed E-state index contributed by atoms with van der Waals surface area (Å²) in [6, 6.07) is 5.31. The highest BCUT2D eigenvalue weighted by molar-refractivity contribution is 5.78. The molecule has 0 aliphatic carbocycles. The number of alkyl halides is 5. The summed E-state index contributed by atoms with van der Waals surface area (Å²) in [4.78, 5) is 27.9. The molecule has 2 heterocycles. The van der Waals surface area contributed by atoms with Crippen molar-refractivity contribution >= 4 is 11.8 Å². The molecule has 1 aromatic heterocycles. The number of nitrogens with one attached hydrogen (secondary N) is 3. The highest BCUT2D eigenvalue weighted by atomic mass is 19.4. The van der Waals surface area contributed by atoms with Crippen LogP contribution < -0.4 is 20.7 Å². The van der Waals surface area contributed by atoms with Crippen LogP contribution in [0.1, 0.15) is 54.7 Å². The Kier molecular flexibility index (Phi) is 7.70. The minimum atomic E-state index is -4.69. The van der Waals surface area contributed by atoms with Crippen LogP contribution in [0.5, 0.6) is 5.88 Å². The largest absolute Gasteiger partial charge is 0.417 e. The van der Waals surface area contributed by atoms with E-state index in [9.17, 15) is 31.5 Å². The van der Waals surface area contributed by atoms with E-state index in [1.165, 1.54) is 30.5 Å².